The van der Waals surface area contributed by atoms with Crippen LogP contribution in [-0.2, 0) is 24.2 Å². The van der Waals surface area contributed by atoms with E-state index in [-0.39, 0.29) is 6.61 Å². The first-order chi connectivity index (χ1) is 14.2. The van der Waals surface area contributed by atoms with E-state index in [4.69, 9.17) is 20.3 Å². The highest BCUT2D eigenvalue weighted by Crippen LogP contribution is 2.30. The van der Waals surface area contributed by atoms with Gasteiger partial charge in [0.1, 0.15) is 5.75 Å². The Kier molecular flexibility index (Phi) is 8.53. The summed E-state index contributed by atoms with van der Waals surface area (Å²) in [4.78, 5) is 0. The summed E-state index contributed by atoms with van der Waals surface area (Å²) in [7, 11) is 1.68. The quantitative estimate of drug-likeness (QED) is 0.557. The molecular formula is C25H35NO3. The van der Waals surface area contributed by atoms with E-state index in [0.717, 1.165) is 44.5 Å². The monoisotopic (exact) mass is 397 g/mol. The molecule has 0 aromatic heterocycles. The fraction of sp³-hybridized carbons (Fsp3) is 0.520. The zero-order valence-corrected chi connectivity index (χ0v) is 17.6. The zero-order chi connectivity index (χ0) is 20.5. The molecular weight excluding hydrogens is 362 g/mol. The third kappa shape index (κ3) is 6.30. The number of methoxy groups -OCH3 is 1. The molecule has 0 radical (unpaired) electrons. The Hall–Kier alpha value is -1.88. The maximum atomic E-state index is 9.01. The maximum absolute atomic E-state index is 9.01. The Morgan fingerprint density at radius 1 is 1.10 bits per heavy atom. The van der Waals surface area contributed by atoms with Crippen LogP contribution in [-0.4, -0.2) is 32.0 Å². The number of aliphatic hydroxyl groups is 1. The third-order valence-corrected chi connectivity index (χ3v) is 6.06. The molecule has 3 N–H and O–H groups in total. The summed E-state index contributed by atoms with van der Waals surface area (Å²) < 4.78 is 11.2. The summed E-state index contributed by atoms with van der Waals surface area (Å²) in [6.45, 7) is 2.40. The van der Waals surface area contributed by atoms with Crippen molar-refractivity contribution in [2.75, 3.05) is 26.9 Å². The molecule has 29 heavy (non-hydrogen) atoms. The predicted molar refractivity (Wildman–Crippen MR) is 117 cm³/mol. The summed E-state index contributed by atoms with van der Waals surface area (Å²) in [5.41, 5.74) is 11.5. The Morgan fingerprint density at radius 2 is 1.93 bits per heavy atom. The summed E-state index contributed by atoms with van der Waals surface area (Å²) in [5, 5.41) is 9.01. The molecule has 1 aliphatic rings. The summed E-state index contributed by atoms with van der Waals surface area (Å²) in [6, 6.07) is 15.0. The van der Waals surface area contributed by atoms with Crippen molar-refractivity contribution in [3.05, 3.63) is 64.7 Å². The number of rotatable bonds is 11. The van der Waals surface area contributed by atoms with Crippen molar-refractivity contribution >= 4 is 0 Å². The first kappa shape index (κ1) is 21.8. The van der Waals surface area contributed by atoms with E-state index >= 15 is 0 Å². The SMILES string of the molecule is COc1ccc(COC[C@@H]2CCc3cc([C@H](CN)CCCCO)ccc3C2)cc1. The van der Waals surface area contributed by atoms with Gasteiger partial charge in [-0.3, -0.25) is 0 Å². The predicted octanol–water partition coefficient (Wildman–Crippen LogP) is 4.22. The van der Waals surface area contributed by atoms with Gasteiger partial charge >= 0.3 is 0 Å². The number of hydrogen-bond donors (Lipinski definition) is 2. The highest BCUT2D eigenvalue weighted by atomic mass is 16.5. The topological polar surface area (TPSA) is 64.7 Å². The van der Waals surface area contributed by atoms with Gasteiger partial charge in [0.25, 0.3) is 0 Å². The number of aliphatic hydroxyl groups excluding tert-OH is 1. The van der Waals surface area contributed by atoms with Crippen molar-refractivity contribution in [1.29, 1.82) is 0 Å². The minimum absolute atomic E-state index is 0.267. The molecule has 2 aromatic carbocycles. The minimum Gasteiger partial charge on any atom is -0.497 e. The molecule has 0 fully saturated rings. The molecule has 0 amide bonds. The van der Waals surface area contributed by atoms with Crippen molar-refractivity contribution in [2.45, 2.75) is 51.0 Å². The van der Waals surface area contributed by atoms with E-state index < -0.39 is 0 Å². The van der Waals surface area contributed by atoms with Crippen LogP contribution in [0.4, 0.5) is 0 Å². The van der Waals surface area contributed by atoms with Gasteiger partial charge in [-0.15, -0.1) is 0 Å². The average molecular weight is 398 g/mol. The number of benzene rings is 2. The fourth-order valence-corrected chi connectivity index (χ4v) is 4.23. The van der Waals surface area contributed by atoms with Gasteiger partial charge in [-0.2, -0.15) is 0 Å². The summed E-state index contributed by atoms with van der Waals surface area (Å²) >= 11 is 0. The minimum atomic E-state index is 0.267. The number of fused-ring (bicyclic) bond motifs is 1. The van der Waals surface area contributed by atoms with Crippen LogP contribution in [0.5, 0.6) is 5.75 Å². The van der Waals surface area contributed by atoms with Gasteiger partial charge < -0.3 is 20.3 Å². The molecule has 0 saturated heterocycles. The van der Waals surface area contributed by atoms with Gasteiger partial charge in [0.15, 0.2) is 0 Å². The Bertz CT molecular complexity index is 744. The molecule has 3 rings (SSSR count). The lowest BCUT2D eigenvalue weighted by atomic mass is 9.81. The van der Waals surface area contributed by atoms with Crippen LogP contribution >= 0.6 is 0 Å². The van der Waals surface area contributed by atoms with Crippen molar-refractivity contribution < 1.29 is 14.6 Å². The van der Waals surface area contributed by atoms with E-state index in [1.54, 1.807) is 7.11 Å². The molecule has 1 aliphatic carbocycles. The fourth-order valence-electron chi connectivity index (χ4n) is 4.23. The molecule has 158 valence electrons. The van der Waals surface area contributed by atoms with Gasteiger partial charge in [-0.25, -0.2) is 0 Å². The van der Waals surface area contributed by atoms with Gasteiger partial charge in [0, 0.05) is 6.61 Å². The van der Waals surface area contributed by atoms with Crippen LogP contribution in [0, 0.1) is 5.92 Å². The molecule has 0 saturated carbocycles. The van der Waals surface area contributed by atoms with Gasteiger partial charge in [-0.05, 0) is 84.9 Å². The molecule has 0 heterocycles. The first-order valence-corrected chi connectivity index (χ1v) is 10.9. The highest BCUT2D eigenvalue weighted by Gasteiger charge is 2.20. The van der Waals surface area contributed by atoms with Crippen LogP contribution in [0.3, 0.4) is 0 Å². The van der Waals surface area contributed by atoms with Crippen molar-refractivity contribution in [1.82, 2.24) is 0 Å². The number of hydrogen-bond acceptors (Lipinski definition) is 4. The molecule has 0 aliphatic heterocycles. The van der Waals surface area contributed by atoms with Crippen LogP contribution in [0.2, 0.25) is 0 Å². The van der Waals surface area contributed by atoms with Crippen molar-refractivity contribution in [3.63, 3.8) is 0 Å². The maximum Gasteiger partial charge on any atom is 0.118 e. The first-order valence-electron chi connectivity index (χ1n) is 10.9. The van der Waals surface area contributed by atoms with Crippen LogP contribution in [0.25, 0.3) is 0 Å². The molecule has 4 heteroatoms. The molecule has 0 bridgehead atoms. The standard InChI is InChI=1S/C25H35NO3/c1-28-25-11-6-19(7-12-25)17-29-18-20-5-8-22-15-23(10-9-21(22)14-20)24(16-26)4-2-3-13-27/h6-7,9-12,15,20,24,27H,2-5,8,13-14,16-18,26H2,1H3/t20-,24+/m1/s1. The summed E-state index contributed by atoms with van der Waals surface area (Å²) in [6.07, 6.45) is 6.33. The number of unbranched alkanes of at least 4 members (excludes halogenated alkanes) is 1. The molecule has 4 nitrogen and oxygen atoms in total. The second kappa shape index (κ2) is 11.3. The summed E-state index contributed by atoms with van der Waals surface area (Å²) in [5.74, 6) is 1.86. The normalized spacial score (nSPS) is 17.0. The Morgan fingerprint density at radius 3 is 2.66 bits per heavy atom. The van der Waals surface area contributed by atoms with Gasteiger partial charge in [0.05, 0.1) is 20.3 Å². The molecule has 2 aromatic rings. The zero-order valence-electron chi connectivity index (χ0n) is 17.6. The number of nitrogens with two attached hydrogens (primary N) is 1. The van der Waals surface area contributed by atoms with Crippen molar-refractivity contribution in [3.8, 4) is 5.75 Å². The molecule has 0 spiro atoms. The lowest BCUT2D eigenvalue weighted by Gasteiger charge is -2.26. The van der Waals surface area contributed by atoms with E-state index in [2.05, 4.69) is 30.3 Å². The van der Waals surface area contributed by atoms with E-state index in [0.29, 0.717) is 25.0 Å². The lowest BCUT2D eigenvalue weighted by Crippen LogP contribution is -2.20. The van der Waals surface area contributed by atoms with Crippen molar-refractivity contribution in [2.24, 2.45) is 11.7 Å². The molecule has 2 atom stereocenters. The lowest BCUT2D eigenvalue weighted by molar-refractivity contribution is 0.0823. The molecule has 0 unspecified atom stereocenters. The van der Waals surface area contributed by atoms with E-state index in [9.17, 15) is 0 Å². The second-order valence-electron chi connectivity index (χ2n) is 8.15. The van der Waals surface area contributed by atoms with Crippen LogP contribution in [0.15, 0.2) is 42.5 Å². The third-order valence-electron chi connectivity index (χ3n) is 6.06. The van der Waals surface area contributed by atoms with Gasteiger partial charge in [-0.1, -0.05) is 36.8 Å². The van der Waals surface area contributed by atoms with Crippen LogP contribution in [0.1, 0.15) is 53.9 Å². The second-order valence-corrected chi connectivity index (χ2v) is 8.15. The largest absolute Gasteiger partial charge is 0.497 e. The number of ether oxygens (including phenoxy) is 2. The highest BCUT2D eigenvalue weighted by molar-refractivity contribution is 5.36. The van der Waals surface area contributed by atoms with Crippen LogP contribution < -0.4 is 10.5 Å². The Balaban J connectivity index is 1.50. The Labute approximate surface area is 175 Å². The van der Waals surface area contributed by atoms with E-state index in [1.807, 2.05) is 12.1 Å². The van der Waals surface area contributed by atoms with Gasteiger partial charge in [0.2, 0.25) is 0 Å². The average Bonchev–Trinajstić information content (AvgIpc) is 2.77. The smallest absolute Gasteiger partial charge is 0.118 e. The number of aryl methyl sites for hydroxylation is 1. The van der Waals surface area contributed by atoms with E-state index in [1.165, 1.54) is 28.7 Å².